The molecular formula is C14H12O3. The fraction of sp³-hybridized carbons (Fsp3) is 0.143. The Kier molecular flexibility index (Phi) is 2.91. The first-order valence-electron chi connectivity index (χ1n) is 5.33. The number of carbonyl (C=O) groups excluding carboxylic acids is 2. The lowest BCUT2D eigenvalue weighted by atomic mass is 9.89. The summed E-state index contributed by atoms with van der Waals surface area (Å²) in [6.45, 7) is 1.35. The van der Waals surface area contributed by atoms with Crippen LogP contribution in [-0.4, -0.2) is 16.7 Å². The SMILES string of the molecule is CC(=O)C1=C(O)C(=O)C=C(c2ccccc2)C1. The largest absolute Gasteiger partial charge is 0.504 e. The highest BCUT2D eigenvalue weighted by Crippen LogP contribution is 2.28. The van der Waals surface area contributed by atoms with Crippen molar-refractivity contribution in [2.24, 2.45) is 0 Å². The molecule has 2 rings (SSSR count). The van der Waals surface area contributed by atoms with Crippen LogP contribution in [0, 0.1) is 0 Å². The number of carbonyl (C=O) groups is 2. The molecule has 0 saturated heterocycles. The van der Waals surface area contributed by atoms with E-state index < -0.39 is 11.5 Å². The van der Waals surface area contributed by atoms with Crippen molar-refractivity contribution in [3.8, 4) is 0 Å². The molecular weight excluding hydrogens is 216 g/mol. The van der Waals surface area contributed by atoms with Gasteiger partial charge in [0.1, 0.15) is 0 Å². The quantitative estimate of drug-likeness (QED) is 0.845. The molecule has 3 heteroatoms. The Hall–Kier alpha value is -2.16. The van der Waals surface area contributed by atoms with Gasteiger partial charge in [-0.15, -0.1) is 0 Å². The molecule has 0 aliphatic heterocycles. The molecule has 1 aromatic carbocycles. The molecule has 86 valence electrons. The molecule has 1 aromatic rings. The first-order chi connectivity index (χ1) is 8.09. The Labute approximate surface area is 99.1 Å². The molecule has 0 unspecified atom stereocenters. The van der Waals surface area contributed by atoms with Crippen LogP contribution in [0.3, 0.4) is 0 Å². The third kappa shape index (κ3) is 2.18. The van der Waals surface area contributed by atoms with Crippen LogP contribution in [0.25, 0.3) is 5.57 Å². The van der Waals surface area contributed by atoms with Crippen molar-refractivity contribution in [3.63, 3.8) is 0 Å². The van der Waals surface area contributed by atoms with Crippen molar-refractivity contribution in [3.05, 3.63) is 53.3 Å². The summed E-state index contributed by atoms with van der Waals surface area (Å²) in [6.07, 6.45) is 1.69. The van der Waals surface area contributed by atoms with Crippen molar-refractivity contribution in [1.82, 2.24) is 0 Å². The van der Waals surface area contributed by atoms with Gasteiger partial charge in [0, 0.05) is 12.0 Å². The monoisotopic (exact) mass is 228 g/mol. The summed E-state index contributed by atoms with van der Waals surface area (Å²) >= 11 is 0. The Morgan fingerprint density at radius 1 is 1.24 bits per heavy atom. The lowest BCUT2D eigenvalue weighted by Crippen LogP contribution is -2.14. The fourth-order valence-electron chi connectivity index (χ4n) is 1.83. The van der Waals surface area contributed by atoms with E-state index in [1.54, 1.807) is 0 Å². The first-order valence-corrected chi connectivity index (χ1v) is 5.33. The second-order valence-corrected chi connectivity index (χ2v) is 3.96. The predicted octanol–water partition coefficient (Wildman–Crippen LogP) is 2.44. The van der Waals surface area contributed by atoms with Crippen molar-refractivity contribution in [1.29, 1.82) is 0 Å². The van der Waals surface area contributed by atoms with Gasteiger partial charge in [0.15, 0.2) is 11.5 Å². The van der Waals surface area contributed by atoms with Crippen LogP contribution in [0.15, 0.2) is 47.7 Å². The minimum absolute atomic E-state index is 0.191. The predicted molar refractivity (Wildman–Crippen MR) is 64.4 cm³/mol. The van der Waals surface area contributed by atoms with Crippen molar-refractivity contribution >= 4 is 17.1 Å². The van der Waals surface area contributed by atoms with Crippen LogP contribution < -0.4 is 0 Å². The zero-order valence-corrected chi connectivity index (χ0v) is 9.43. The van der Waals surface area contributed by atoms with E-state index in [4.69, 9.17) is 0 Å². The smallest absolute Gasteiger partial charge is 0.220 e. The lowest BCUT2D eigenvalue weighted by Gasteiger charge is -2.15. The Balaban J connectivity index is 2.40. The van der Waals surface area contributed by atoms with E-state index in [1.807, 2.05) is 30.3 Å². The Morgan fingerprint density at radius 3 is 2.47 bits per heavy atom. The van der Waals surface area contributed by atoms with Gasteiger partial charge < -0.3 is 5.11 Å². The number of aliphatic hydroxyl groups excluding tert-OH is 1. The molecule has 0 atom stereocenters. The number of allylic oxidation sites excluding steroid dienone is 3. The maximum absolute atomic E-state index is 11.6. The number of ketones is 2. The van der Waals surface area contributed by atoms with E-state index in [2.05, 4.69) is 0 Å². The van der Waals surface area contributed by atoms with Gasteiger partial charge in [0.05, 0.1) is 0 Å². The topological polar surface area (TPSA) is 54.4 Å². The minimum atomic E-state index is -0.500. The van der Waals surface area contributed by atoms with E-state index in [0.717, 1.165) is 11.1 Å². The zero-order valence-electron chi connectivity index (χ0n) is 9.43. The van der Waals surface area contributed by atoms with Crippen molar-refractivity contribution in [2.45, 2.75) is 13.3 Å². The molecule has 0 bridgehead atoms. The molecule has 0 aromatic heterocycles. The highest BCUT2D eigenvalue weighted by Gasteiger charge is 2.23. The van der Waals surface area contributed by atoms with Crippen molar-refractivity contribution in [2.75, 3.05) is 0 Å². The number of Topliss-reactive ketones (excluding diaryl/α,β-unsaturated/α-hetero) is 1. The van der Waals surface area contributed by atoms with Gasteiger partial charge in [-0.2, -0.15) is 0 Å². The van der Waals surface area contributed by atoms with Gasteiger partial charge in [-0.3, -0.25) is 9.59 Å². The second-order valence-electron chi connectivity index (χ2n) is 3.96. The maximum Gasteiger partial charge on any atom is 0.220 e. The number of aliphatic hydroxyl groups is 1. The van der Waals surface area contributed by atoms with Crippen LogP contribution in [0.1, 0.15) is 18.9 Å². The normalized spacial score (nSPS) is 15.8. The average Bonchev–Trinajstić information content (AvgIpc) is 2.33. The van der Waals surface area contributed by atoms with E-state index in [-0.39, 0.29) is 11.4 Å². The molecule has 1 N–H and O–H groups in total. The van der Waals surface area contributed by atoms with Gasteiger partial charge >= 0.3 is 0 Å². The van der Waals surface area contributed by atoms with E-state index in [9.17, 15) is 14.7 Å². The van der Waals surface area contributed by atoms with Crippen LogP contribution >= 0.6 is 0 Å². The molecule has 3 nitrogen and oxygen atoms in total. The third-order valence-corrected chi connectivity index (χ3v) is 2.76. The summed E-state index contributed by atoms with van der Waals surface area (Å²) in [5.41, 5.74) is 1.85. The molecule has 0 radical (unpaired) electrons. The highest BCUT2D eigenvalue weighted by molar-refractivity contribution is 6.15. The van der Waals surface area contributed by atoms with Crippen LogP contribution in [0.2, 0.25) is 0 Å². The summed E-state index contributed by atoms with van der Waals surface area (Å²) in [4.78, 5) is 22.9. The average molecular weight is 228 g/mol. The van der Waals surface area contributed by atoms with Gasteiger partial charge in [-0.05, 0) is 24.1 Å². The standard InChI is InChI=1S/C14H12O3/c1-9(15)12-7-11(8-13(16)14(12)17)10-5-3-2-4-6-10/h2-6,8,17H,7H2,1H3. The van der Waals surface area contributed by atoms with Crippen LogP contribution in [0.5, 0.6) is 0 Å². The third-order valence-electron chi connectivity index (χ3n) is 2.76. The summed E-state index contributed by atoms with van der Waals surface area (Å²) in [6, 6.07) is 9.37. The second kappa shape index (κ2) is 4.37. The van der Waals surface area contributed by atoms with E-state index in [1.165, 1.54) is 13.0 Å². The first kappa shape index (κ1) is 11.3. The molecule has 1 aliphatic rings. The van der Waals surface area contributed by atoms with Gasteiger partial charge in [0.2, 0.25) is 5.78 Å². The number of hydrogen-bond acceptors (Lipinski definition) is 3. The van der Waals surface area contributed by atoms with Gasteiger partial charge in [-0.25, -0.2) is 0 Å². The lowest BCUT2D eigenvalue weighted by molar-refractivity contribution is -0.117. The molecule has 0 fully saturated rings. The fourth-order valence-corrected chi connectivity index (χ4v) is 1.83. The summed E-state index contributed by atoms with van der Waals surface area (Å²) in [7, 11) is 0. The van der Waals surface area contributed by atoms with E-state index in [0.29, 0.717) is 6.42 Å². The van der Waals surface area contributed by atoms with Crippen molar-refractivity contribution < 1.29 is 14.7 Å². The summed E-state index contributed by atoms with van der Waals surface area (Å²) in [5, 5.41) is 9.54. The molecule has 1 aliphatic carbocycles. The molecule has 0 amide bonds. The molecule has 0 heterocycles. The Bertz CT molecular complexity index is 536. The molecule has 0 spiro atoms. The van der Waals surface area contributed by atoms with Gasteiger partial charge in [-0.1, -0.05) is 30.3 Å². The van der Waals surface area contributed by atoms with Gasteiger partial charge in [0.25, 0.3) is 0 Å². The number of hydrogen-bond donors (Lipinski definition) is 1. The van der Waals surface area contributed by atoms with E-state index >= 15 is 0 Å². The minimum Gasteiger partial charge on any atom is -0.504 e. The zero-order chi connectivity index (χ0) is 12.4. The maximum atomic E-state index is 11.6. The van der Waals surface area contributed by atoms with Crippen LogP contribution in [-0.2, 0) is 9.59 Å². The molecule has 17 heavy (non-hydrogen) atoms. The summed E-state index contributed by atoms with van der Waals surface area (Å²) in [5.74, 6) is -1.19. The summed E-state index contributed by atoms with van der Waals surface area (Å²) < 4.78 is 0. The number of rotatable bonds is 2. The Morgan fingerprint density at radius 2 is 1.88 bits per heavy atom. The highest BCUT2D eigenvalue weighted by atomic mass is 16.3. The van der Waals surface area contributed by atoms with Crippen LogP contribution in [0.4, 0.5) is 0 Å². The molecule has 0 saturated carbocycles. The number of benzene rings is 1.